The zero-order chi connectivity index (χ0) is 32.1. The van der Waals surface area contributed by atoms with Crippen LogP contribution in [0.25, 0.3) is 17.3 Å². The van der Waals surface area contributed by atoms with Gasteiger partial charge in [-0.3, -0.25) is 14.3 Å². The number of hydrogen-bond donors (Lipinski definition) is 3. The summed E-state index contributed by atoms with van der Waals surface area (Å²) in [7, 11) is -1.23. The highest BCUT2D eigenvalue weighted by atomic mass is 79.9. The monoisotopic (exact) mass is 691 g/mol. The second-order valence-corrected chi connectivity index (χ2v) is 11.6. The molecule has 0 saturated carbocycles. The molecular weight excluding hydrogens is 667 g/mol. The van der Waals surface area contributed by atoms with E-state index in [1.54, 1.807) is 49.4 Å². The Kier molecular flexibility index (Phi) is 10.4. The third kappa shape index (κ3) is 7.82. The number of halogens is 4. The number of aryl methyl sites for hydroxylation is 1. The van der Waals surface area contributed by atoms with Gasteiger partial charge >= 0.3 is 12.1 Å². The van der Waals surface area contributed by atoms with E-state index in [9.17, 15) is 26.7 Å². The van der Waals surface area contributed by atoms with Gasteiger partial charge in [0.1, 0.15) is 34.3 Å². The van der Waals surface area contributed by atoms with Gasteiger partial charge in [-0.1, -0.05) is 6.07 Å². The molecule has 3 aromatic heterocycles. The van der Waals surface area contributed by atoms with Crippen molar-refractivity contribution in [3.05, 3.63) is 64.6 Å². The maximum atomic E-state index is 13.3. The van der Waals surface area contributed by atoms with Crippen LogP contribution in [0, 0.1) is 6.92 Å². The molecule has 2 atom stereocenters. The molecule has 13 nitrogen and oxygen atoms in total. The largest absolute Gasteiger partial charge is 0.494 e. The van der Waals surface area contributed by atoms with Gasteiger partial charge in [0.2, 0.25) is 21.8 Å². The second kappa shape index (κ2) is 13.4. The lowest BCUT2D eigenvalue weighted by molar-refractivity contribution is -0.192. The van der Waals surface area contributed by atoms with Crippen LogP contribution in [0.1, 0.15) is 24.5 Å². The number of rotatable bonds is 9. The topological polar surface area (TPSA) is 179 Å². The number of alkyl halides is 3. The maximum absolute atomic E-state index is 13.3. The van der Waals surface area contributed by atoms with E-state index in [0.29, 0.717) is 33.2 Å². The van der Waals surface area contributed by atoms with Gasteiger partial charge in [0.05, 0.1) is 19.9 Å². The fraction of sp³-hybridized carbons (Fsp3) is 0.280. The molecule has 3 heterocycles. The van der Waals surface area contributed by atoms with Crippen molar-refractivity contribution in [1.82, 2.24) is 19.7 Å². The zero-order valence-electron chi connectivity index (χ0n) is 22.8. The predicted molar refractivity (Wildman–Crippen MR) is 149 cm³/mol. The molecule has 3 N–H and O–H groups in total. The van der Waals surface area contributed by atoms with Crippen molar-refractivity contribution in [2.24, 2.45) is 0 Å². The lowest BCUT2D eigenvalue weighted by Gasteiger charge is -2.21. The highest BCUT2D eigenvalue weighted by Crippen LogP contribution is 2.38. The Morgan fingerprint density at radius 1 is 1.09 bits per heavy atom. The van der Waals surface area contributed by atoms with Crippen LogP contribution in [-0.2, 0) is 14.8 Å². The van der Waals surface area contributed by atoms with Crippen molar-refractivity contribution in [2.45, 2.75) is 31.4 Å². The highest BCUT2D eigenvalue weighted by molar-refractivity contribution is 9.10. The number of hydrogen-bond acceptors (Lipinski definition) is 10. The number of sulfonamides is 1. The fourth-order valence-corrected chi connectivity index (χ4v) is 4.81. The molecule has 232 valence electrons. The molecule has 4 aromatic rings. The van der Waals surface area contributed by atoms with E-state index >= 15 is 0 Å². The van der Waals surface area contributed by atoms with Crippen LogP contribution >= 0.6 is 15.9 Å². The molecule has 0 aliphatic heterocycles. The van der Waals surface area contributed by atoms with E-state index < -0.39 is 33.5 Å². The number of aliphatic hydroxyl groups excluding tert-OH is 1. The molecule has 0 aliphatic carbocycles. The Morgan fingerprint density at radius 2 is 1.70 bits per heavy atom. The van der Waals surface area contributed by atoms with Gasteiger partial charge in [-0.2, -0.15) is 13.2 Å². The molecule has 1 aromatic carbocycles. The van der Waals surface area contributed by atoms with Crippen LogP contribution in [0.15, 0.2) is 57.6 Å². The van der Waals surface area contributed by atoms with Gasteiger partial charge in [0.25, 0.3) is 0 Å². The van der Waals surface area contributed by atoms with Crippen LogP contribution in [-0.4, -0.2) is 70.0 Å². The lowest BCUT2D eigenvalue weighted by Crippen LogP contribution is -2.32. The van der Waals surface area contributed by atoms with Gasteiger partial charge in [0.15, 0.2) is 5.76 Å². The normalized spacial score (nSPS) is 13.0. The van der Waals surface area contributed by atoms with Crippen LogP contribution in [0.5, 0.6) is 11.5 Å². The first-order valence-corrected chi connectivity index (χ1v) is 14.3. The molecule has 18 heteroatoms. The number of nitrogens with one attached hydrogen (secondary N) is 1. The molecule has 0 bridgehead atoms. The first kappa shape index (κ1) is 33.3. The summed E-state index contributed by atoms with van der Waals surface area (Å²) in [5, 5.41) is 24.8. The summed E-state index contributed by atoms with van der Waals surface area (Å²) in [4.78, 5) is 13.0. The quantitative estimate of drug-likeness (QED) is 0.225. The minimum absolute atomic E-state index is 0.148. The highest BCUT2D eigenvalue weighted by Gasteiger charge is 2.38. The van der Waals surface area contributed by atoms with Gasteiger partial charge in [-0.25, -0.2) is 13.2 Å². The minimum Gasteiger partial charge on any atom is -0.494 e. The average molecular weight is 692 g/mol. The molecular formula is C25H25BrF3N5O8S. The van der Waals surface area contributed by atoms with Crippen LogP contribution in [0.3, 0.4) is 0 Å². The Hall–Kier alpha value is -4.16. The number of carbonyl (C=O) groups is 1. The third-order valence-corrected chi connectivity index (χ3v) is 7.89. The Labute approximate surface area is 251 Å². The smallest absolute Gasteiger partial charge is 0.490 e. The molecule has 0 radical (unpaired) electrons. The number of carboxylic acid groups (broad SMARTS) is 1. The first-order chi connectivity index (χ1) is 20.1. The SMILES string of the molecule is COc1cccc(OC)c1-n1c(NS(=O)(=O)C(C)C(O)c2ccc(Br)cn2)nnc1-c1ccc(C)o1.O=C(O)C(F)(F)F. The van der Waals surface area contributed by atoms with E-state index in [0.717, 1.165) is 0 Å². The van der Waals surface area contributed by atoms with Crippen molar-refractivity contribution in [3.8, 4) is 28.8 Å². The number of pyridine rings is 1. The number of aliphatic hydroxyl groups is 1. The number of benzene rings is 1. The molecule has 0 fully saturated rings. The number of methoxy groups -OCH3 is 2. The fourth-order valence-electron chi connectivity index (χ4n) is 3.52. The van der Waals surface area contributed by atoms with Gasteiger partial charge in [0, 0.05) is 10.7 Å². The van der Waals surface area contributed by atoms with Crippen molar-refractivity contribution in [2.75, 3.05) is 18.9 Å². The number of ether oxygens (including phenoxy) is 2. The number of aromatic nitrogens is 4. The number of furan rings is 1. The number of para-hydroxylation sites is 1. The summed E-state index contributed by atoms with van der Waals surface area (Å²) in [5.74, 6) is -0.945. The predicted octanol–water partition coefficient (Wildman–Crippen LogP) is 4.51. The van der Waals surface area contributed by atoms with Crippen LogP contribution < -0.4 is 14.2 Å². The average Bonchev–Trinajstić information content (AvgIpc) is 3.57. The molecule has 4 rings (SSSR count). The van der Waals surface area contributed by atoms with E-state index in [1.807, 2.05) is 0 Å². The summed E-state index contributed by atoms with van der Waals surface area (Å²) in [6, 6.07) is 11.8. The lowest BCUT2D eigenvalue weighted by atomic mass is 10.2. The van der Waals surface area contributed by atoms with E-state index in [-0.39, 0.29) is 17.5 Å². The van der Waals surface area contributed by atoms with Crippen LogP contribution in [0.2, 0.25) is 0 Å². The minimum atomic E-state index is -5.08. The molecule has 0 saturated heterocycles. The van der Waals surface area contributed by atoms with Crippen molar-refractivity contribution >= 4 is 37.9 Å². The number of anilines is 1. The van der Waals surface area contributed by atoms with Gasteiger partial charge < -0.3 is 24.1 Å². The Bertz CT molecular complexity index is 1650. The summed E-state index contributed by atoms with van der Waals surface area (Å²) < 4.78 is 79.8. The Balaban J connectivity index is 0.000000646. The summed E-state index contributed by atoms with van der Waals surface area (Å²) in [5.41, 5.74) is 0.563. The molecule has 0 amide bonds. The first-order valence-electron chi connectivity index (χ1n) is 12.0. The maximum Gasteiger partial charge on any atom is 0.490 e. The second-order valence-electron chi connectivity index (χ2n) is 8.61. The summed E-state index contributed by atoms with van der Waals surface area (Å²) in [6.45, 7) is 3.15. The van der Waals surface area contributed by atoms with Gasteiger partial charge in [-0.15, -0.1) is 10.2 Å². The molecule has 43 heavy (non-hydrogen) atoms. The van der Waals surface area contributed by atoms with Gasteiger partial charge in [-0.05, 0) is 66.2 Å². The molecule has 0 spiro atoms. The standard InChI is InChI=1S/C23H24BrN5O6S.C2HF3O2/c1-13-8-11-19(35-13)22-26-27-23(29(22)20-17(33-3)6-5-7-18(20)34-4)28-36(31,32)14(2)21(30)16-10-9-15(24)12-25-16;3-2(4,5)1(6)7/h5-12,14,21,30H,1-4H3,(H,27,28);(H,6,7). The van der Waals surface area contributed by atoms with E-state index in [2.05, 4.69) is 35.8 Å². The molecule has 0 aliphatic rings. The Morgan fingerprint density at radius 3 is 2.16 bits per heavy atom. The third-order valence-electron chi connectivity index (χ3n) is 5.71. The summed E-state index contributed by atoms with van der Waals surface area (Å²) >= 11 is 3.27. The summed E-state index contributed by atoms with van der Waals surface area (Å²) in [6.07, 6.45) is -5.01. The van der Waals surface area contributed by atoms with E-state index in [1.165, 1.54) is 31.9 Å². The molecule has 2 unspecified atom stereocenters. The van der Waals surface area contributed by atoms with Crippen molar-refractivity contribution in [3.63, 3.8) is 0 Å². The van der Waals surface area contributed by atoms with Crippen LogP contribution in [0.4, 0.5) is 19.1 Å². The number of aliphatic carboxylic acids is 1. The van der Waals surface area contributed by atoms with E-state index in [4.69, 9.17) is 23.8 Å². The number of nitrogens with zero attached hydrogens (tertiary/aromatic N) is 4. The zero-order valence-corrected chi connectivity index (χ0v) is 25.2. The van der Waals surface area contributed by atoms with Crippen molar-refractivity contribution < 1.29 is 50.5 Å². The van der Waals surface area contributed by atoms with Crippen molar-refractivity contribution in [1.29, 1.82) is 0 Å². The number of carboxylic acids is 1.